The number of hydrogen-bond donors (Lipinski definition) is 0. The Hall–Kier alpha value is -0.120. The van der Waals surface area contributed by atoms with Gasteiger partial charge in [0.15, 0.2) is 0 Å². The van der Waals surface area contributed by atoms with Gasteiger partial charge in [0.1, 0.15) is 0 Å². The third-order valence-electron chi connectivity index (χ3n) is 3.55. The molecule has 3 nitrogen and oxygen atoms in total. The first-order valence-electron chi connectivity index (χ1n) is 5.67. The minimum Gasteiger partial charge on any atom is -0.366 e. The lowest BCUT2D eigenvalue weighted by molar-refractivity contribution is 0.0225. The first kappa shape index (κ1) is 10.4. The highest BCUT2D eigenvalue weighted by molar-refractivity contribution is 4.86. The van der Waals surface area contributed by atoms with Crippen LogP contribution in [0, 0.1) is 11.8 Å². The van der Waals surface area contributed by atoms with Gasteiger partial charge in [-0.05, 0) is 26.8 Å². The highest BCUT2D eigenvalue weighted by atomic mass is 16.5. The topological polar surface area (TPSA) is 15.7 Å². The van der Waals surface area contributed by atoms with Gasteiger partial charge in [-0.2, -0.15) is 0 Å². The fourth-order valence-corrected chi connectivity index (χ4v) is 2.60. The zero-order valence-corrected chi connectivity index (χ0v) is 9.57. The summed E-state index contributed by atoms with van der Waals surface area (Å²) in [5, 5.41) is 0. The van der Waals surface area contributed by atoms with Gasteiger partial charge in [0.05, 0.1) is 13.3 Å². The molecule has 2 atom stereocenters. The maximum atomic E-state index is 5.73. The smallest absolute Gasteiger partial charge is 0.0992 e. The summed E-state index contributed by atoms with van der Waals surface area (Å²) >= 11 is 0. The van der Waals surface area contributed by atoms with Crippen molar-refractivity contribution in [3.8, 4) is 0 Å². The van der Waals surface area contributed by atoms with Gasteiger partial charge in [-0.1, -0.05) is 0 Å². The van der Waals surface area contributed by atoms with Gasteiger partial charge in [-0.25, -0.2) is 0 Å². The van der Waals surface area contributed by atoms with Crippen LogP contribution < -0.4 is 0 Å². The molecule has 0 N–H and O–H groups in total. The van der Waals surface area contributed by atoms with E-state index in [0.29, 0.717) is 6.04 Å². The molecule has 2 fully saturated rings. The van der Waals surface area contributed by atoms with Crippen molar-refractivity contribution < 1.29 is 4.74 Å². The summed E-state index contributed by atoms with van der Waals surface area (Å²) in [5.41, 5.74) is 0. The van der Waals surface area contributed by atoms with Crippen molar-refractivity contribution >= 4 is 0 Å². The van der Waals surface area contributed by atoms with Crippen LogP contribution in [0.15, 0.2) is 0 Å². The quantitative estimate of drug-likeness (QED) is 0.621. The van der Waals surface area contributed by atoms with Crippen molar-refractivity contribution in [2.75, 3.05) is 40.0 Å². The van der Waals surface area contributed by atoms with Crippen molar-refractivity contribution in [2.24, 2.45) is 11.8 Å². The Morgan fingerprint density at radius 3 is 2.57 bits per heavy atom. The monoisotopic (exact) mass is 198 g/mol. The molecule has 2 heterocycles. The summed E-state index contributed by atoms with van der Waals surface area (Å²) in [6.07, 6.45) is 0. The van der Waals surface area contributed by atoms with Crippen LogP contribution in [-0.4, -0.2) is 55.9 Å². The summed E-state index contributed by atoms with van der Waals surface area (Å²) in [7, 11) is 2.22. The molecule has 0 radical (unpaired) electrons. The van der Waals surface area contributed by atoms with Gasteiger partial charge in [0.2, 0.25) is 0 Å². The number of hydrogen-bond acceptors (Lipinski definition) is 3. The molecule has 0 bridgehead atoms. The Labute approximate surface area is 87.0 Å². The van der Waals surface area contributed by atoms with E-state index in [0.717, 1.165) is 25.2 Å². The average molecular weight is 198 g/mol. The zero-order chi connectivity index (χ0) is 10.1. The lowest BCUT2D eigenvalue weighted by atomic mass is 9.96. The van der Waals surface area contributed by atoms with Gasteiger partial charge in [0, 0.05) is 31.6 Å². The summed E-state index contributed by atoms with van der Waals surface area (Å²) in [4.78, 5) is 4.88. The predicted molar refractivity (Wildman–Crippen MR) is 57.1 cm³/mol. The summed E-state index contributed by atoms with van der Waals surface area (Å²) in [5.74, 6) is 1.59. The van der Waals surface area contributed by atoms with Crippen LogP contribution in [0.2, 0.25) is 0 Å². The number of rotatable bonds is 1. The second-order valence-corrected chi connectivity index (χ2v) is 5.11. The van der Waals surface area contributed by atoms with E-state index in [-0.39, 0.29) is 0 Å². The highest BCUT2D eigenvalue weighted by Gasteiger charge is 2.34. The standard InChI is InChI=1S/C11H22N2O/c1-9(2)13-6-10-4-12(3)5-11(10)7-14-8-13/h9-11H,4-8H2,1-3H3. The third kappa shape index (κ3) is 2.10. The van der Waals surface area contributed by atoms with Crippen molar-refractivity contribution in [1.29, 1.82) is 0 Å². The minimum absolute atomic E-state index is 0.611. The Bertz CT molecular complexity index is 196. The number of fused-ring (bicyclic) bond motifs is 1. The SMILES string of the molecule is CC(C)N1COCC2CN(C)CC2C1. The lowest BCUT2D eigenvalue weighted by Gasteiger charge is -2.26. The van der Waals surface area contributed by atoms with Gasteiger partial charge in [0.25, 0.3) is 0 Å². The fourth-order valence-electron chi connectivity index (χ4n) is 2.60. The molecule has 2 unspecified atom stereocenters. The molecule has 0 aromatic carbocycles. The fraction of sp³-hybridized carbons (Fsp3) is 1.00. The molecule has 0 saturated carbocycles. The second-order valence-electron chi connectivity index (χ2n) is 5.11. The van der Waals surface area contributed by atoms with Crippen molar-refractivity contribution in [1.82, 2.24) is 9.80 Å². The van der Waals surface area contributed by atoms with Crippen molar-refractivity contribution in [3.63, 3.8) is 0 Å². The molecule has 0 aromatic heterocycles. The van der Waals surface area contributed by atoms with Gasteiger partial charge in [-0.15, -0.1) is 0 Å². The van der Waals surface area contributed by atoms with Crippen LogP contribution in [0.25, 0.3) is 0 Å². The van der Waals surface area contributed by atoms with E-state index in [9.17, 15) is 0 Å². The molecule has 0 aromatic rings. The molecular formula is C11H22N2O. The maximum absolute atomic E-state index is 5.73. The average Bonchev–Trinajstić information content (AvgIpc) is 2.32. The predicted octanol–water partition coefficient (Wildman–Crippen LogP) is 0.862. The Kier molecular flexibility index (Phi) is 3.10. The largest absolute Gasteiger partial charge is 0.366 e. The summed E-state index contributed by atoms with van der Waals surface area (Å²) in [6.45, 7) is 9.97. The molecule has 2 aliphatic heterocycles. The van der Waals surface area contributed by atoms with Gasteiger partial charge < -0.3 is 9.64 Å². The maximum Gasteiger partial charge on any atom is 0.0992 e. The van der Waals surface area contributed by atoms with Gasteiger partial charge in [-0.3, -0.25) is 4.90 Å². The van der Waals surface area contributed by atoms with E-state index in [1.165, 1.54) is 19.6 Å². The van der Waals surface area contributed by atoms with E-state index < -0.39 is 0 Å². The molecule has 82 valence electrons. The molecule has 14 heavy (non-hydrogen) atoms. The van der Waals surface area contributed by atoms with E-state index >= 15 is 0 Å². The van der Waals surface area contributed by atoms with E-state index in [4.69, 9.17) is 4.74 Å². The molecule has 2 rings (SSSR count). The van der Waals surface area contributed by atoms with Crippen LogP contribution in [0.3, 0.4) is 0 Å². The lowest BCUT2D eigenvalue weighted by Crippen LogP contribution is -2.36. The van der Waals surface area contributed by atoms with E-state index in [1.807, 2.05) is 0 Å². The zero-order valence-electron chi connectivity index (χ0n) is 9.57. The Morgan fingerprint density at radius 1 is 1.14 bits per heavy atom. The first-order chi connectivity index (χ1) is 6.66. The van der Waals surface area contributed by atoms with Crippen LogP contribution in [-0.2, 0) is 4.74 Å². The number of nitrogens with zero attached hydrogens (tertiary/aromatic N) is 2. The molecule has 2 saturated heterocycles. The van der Waals surface area contributed by atoms with Crippen LogP contribution >= 0.6 is 0 Å². The van der Waals surface area contributed by atoms with Crippen LogP contribution in [0.5, 0.6) is 0 Å². The number of likely N-dealkylation sites (tertiary alicyclic amines) is 1. The van der Waals surface area contributed by atoms with Crippen LogP contribution in [0.4, 0.5) is 0 Å². The van der Waals surface area contributed by atoms with Crippen molar-refractivity contribution in [2.45, 2.75) is 19.9 Å². The molecule has 0 spiro atoms. The molecule has 0 amide bonds. The third-order valence-corrected chi connectivity index (χ3v) is 3.55. The molecule has 3 heteroatoms. The van der Waals surface area contributed by atoms with Crippen LogP contribution in [0.1, 0.15) is 13.8 Å². The highest BCUT2D eigenvalue weighted by Crippen LogP contribution is 2.26. The summed E-state index contributed by atoms with van der Waals surface area (Å²) in [6, 6.07) is 0.611. The Morgan fingerprint density at radius 2 is 1.86 bits per heavy atom. The van der Waals surface area contributed by atoms with Gasteiger partial charge >= 0.3 is 0 Å². The summed E-state index contributed by atoms with van der Waals surface area (Å²) < 4.78 is 5.73. The first-order valence-corrected chi connectivity index (χ1v) is 5.67. The number of ether oxygens (including phenoxy) is 1. The van der Waals surface area contributed by atoms with Crippen molar-refractivity contribution in [3.05, 3.63) is 0 Å². The second kappa shape index (κ2) is 4.17. The normalized spacial score (nSPS) is 36.0. The minimum atomic E-state index is 0.611. The Balaban J connectivity index is 1.98. The van der Waals surface area contributed by atoms with E-state index in [1.54, 1.807) is 0 Å². The van der Waals surface area contributed by atoms with E-state index in [2.05, 4.69) is 30.7 Å². The molecular weight excluding hydrogens is 176 g/mol. The molecule has 2 aliphatic rings. The molecule has 0 aliphatic carbocycles.